The Bertz CT molecular complexity index is 1710. The molecule has 5 aromatic heterocycles. The number of aromatic nitrogens is 6. The summed E-state index contributed by atoms with van der Waals surface area (Å²) in [4.78, 5) is 11.1. The number of aryl methyl sites for hydroxylation is 1. The van der Waals surface area contributed by atoms with Crippen LogP contribution in [0.1, 0.15) is 24.1 Å². The molecule has 0 aromatic carbocycles. The molecule has 0 amide bonds. The Hall–Kier alpha value is -4.99. The largest absolute Gasteiger partial charge is 0.377 e. The molecule has 1 aliphatic heterocycles. The van der Waals surface area contributed by atoms with Crippen LogP contribution in [0.5, 0.6) is 0 Å². The van der Waals surface area contributed by atoms with Gasteiger partial charge in [0.05, 0.1) is 23.5 Å². The molecule has 1 fully saturated rings. The van der Waals surface area contributed by atoms with Gasteiger partial charge in [0, 0.05) is 80.0 Å². The summed E-state index contributed by atoms with van der Waals surface area (Å²) in [6.45, 7) is 1.28. The second kappa shape index (κ2) is 9.47. The van der Waals surface area contributed by atoms with E-state index in [9.17, 15) is 10.4 Å². The van der Waals surface area contributed by atoms with Crippen LogP contribution in [0.3, 0.4) is 0 Å². The van der Waals surface area contributed by atoms with E-state index in [-0.39, 0.29) is 0 Å². The highest BCUT2D eigenvalue weighted by Gasteiger charge is 2.31. The van der Waals surface area contributed by atoms with Crippen molar-refractivity contribution in [1.29, 1.82) is 5.26 Å². The van der Waals surface area contributed by atoms with E-state index in [1.54, 1.807) is 27.8 Å². The molecular formula is C29H24N8O. The quantitative estimate of drug-likeness (QED) is 0.378. The van der Waals surface area contributed by atoms with Crippen molar-refractivity contribution in [2.75, 3.05) is 18.0 Å². The highest BCUT2D eigenvalue weighted by atomic mass is 16.3. The first-order valence-corrected chi connectivity index (χ1v) is 12.3. The molecule has 6 heterocycles. The molecule has 1 saturated heterocycles. The number of anilines is 1. The predicted molar refractivity (Wildman–Crippen MR) is 143 cm³/mol. The SMILES string of the molecule is Cn1cc(-c2cc(-c3ccc(N4CCC(O)(C#Cc5ccccn5)CC4)nc3)c3c(C#N)cnn3c2)cn1. The van der Waals surface area contributed by atoms with E-state index in [2.05, 4.69) is 38.0 Å². The fourth-order valence-corrected chi connectivity index (χ4v) is 4.73. The zero-order valence-electron chi connectivity index (χ0n) is 20.8. The van der Waals surface area contributed by atoms with Crippen LogP contribution in [0.25, 0.3) is 27.8 Å². The van der Waals surface area contributed by atoms with Crippen LogP contribution < -0.4 is 4.90 Å². The number of rotatable bonds is 3. The number of nitriles is 1. The summed E-state index contributed by atoms with van der Waals surface area (Å²) in [5.74, 6) is 6.85. The zero-order valence-corrected chi connectivity index (χ0v) is 20.8. The number of aliphatic hydroxyl groups is 1. The number of fused-ring (bicyclic) bond motifs is 1. The molecule has 0 bridgehead atoms. The minimum Gasteiger partial charge on any atom is -0.377 e. The maximum Gasteiger partial charge on any atom is 0.129 e. The minimum atomic E-state index is -1.04. The number of nitrogens with zero attached hydrogens (tertiary/aromatic N) is 8. The van der Waals surface area contributed by atoms with E-state index in [1.165, 1.54) is 0 Å². The maximum absolute atomic E-state index is 11.0. The molecule has 0 saturated carbocycles. The molecular weight excluding hydrogens is 476 g/mol. The molecule has 6 rings (SSSR count). The van der Waals surface area contributed by atoms with E-state index in [4.69, 9.17) is 4.98 Å². The summed E-state index contributed by atoms with van der Waals surface area (Å²) in [5, 5.41) is 29.3. The van der Waals surface area contributed by atoms with Crippen molar-refractivity contribution < 1.29 is 5.11 Å². The Morgan fingerprint density at radius 2 is 1.82 bits per heavy atom. The Balaban J connectivity index is 1.25. The van der Waals surface area contributed by atoms with Gasteiger partial charge in [-0.15, -0.1) is 0 Å². The number of hydrogen-bond acceptors (Lipinski definition) is 7. The minimum absolute atomic E-state index is 0.504. The van der Waals surface area contributed by atoms with Crippen molar-refractivity contribution in [3.8, 4) is 40.2 Å². The maximum atomic E-state index is 11.0. The van der Waals surface area contributed by atoms with Crippen molar-refractivity contribution >= 4 is 11.3 Å². The first kappa shape index (κ1) is 23.4. The van der Waals surface area contributed by atoms with E-state index in [0.29, 0.717) is 37.2 Å². The number of hydrogen-bond donors (Lipinski definition) is 1. The fourth-order valence-electron chi connectivity index (χ4n) is 4.73. The number of pyridine rings is 3. The van der Waals surface area contributed by atoms with Crippen molar-refractivity contribution in [1.82, 2.24) is 29.4 Å². The van der Waals surface area contributed by atoms with Gasteiger partial charge in [0.2, 0.25) is 0 Å². The molecule has 0 unspecified atom stereocenters. The standard InChI is InChI=1S/C29H24N8O/c1-35-19-24(18-33-35)22-14-26(28-23(15-30)17-34-37(28)20-22)21-5-6-27(32-16-21)36-12-9-29(38,10-13-36)8-7-25-4-2-3-11-31-25/h2-6,11,14,16-20,38H,9-10,12-13H2,1H3. The van der Waals surface area contributed by atoms with Crippen molar-refractivity contribution in [3.05, 3.63) is 84.8 Å². The van der Waals surface area contributed by atoms with Crippen LogP contribution >= 0.6 is 0 Å². The van der Waals surface area contributed by atoms with E-state index < -0.39 is 5.60 Å². The lowest BCUT2D eigenvalue weighted by Gasteiger charge is -2.35. The average molecular weight is 501 g/mol. The molecule has 1 aliphatic rings. The Kier molecular flexibility index (Phi) is 5.83. The molecule has 0 atom stereocenters. The van der Waals surface area contributed by atoms with Gasteiger partial charge in [-0.2, -0.15) is 15.5 Å². The van der Waals surface area contributed by atoms with Crippen LogP contribution in [-0.4, -0.2) is 53.2 Å². The summed E-state index contributed by atoms with van der Waals surface area (Å²) in [6.07, 6.45) is 11.8. The third-order valence-electron chi connectivity index (χ3n) is 6.83. The van der Waals surface area contributed by atoms with E-state index in [0.717, 1.165) is 33.6 Å². The summed E-state index contributed by atoms with van der Waals surface area (Å²) in [7, 11) is 1.88. The van der Waals surface area contributed by atoms with Gasteiger partial charge in [-0.1, -0.05) is 12.0 Å². The van der Waals surface area contributed by atoms with Crippen LogP contribution in [0.15, 0.2) is 73.6 Å². The van der Waals surface area contributed by atoms with E-state index >= 15 is 0 Å². The van der Waals surface area contributed by atoms with E-state index in [1.807, 2.05) is 62.0 Å². The van der Waals surface area contributed by atoms with Gasteiger partial charge in [0.15, 0.2) is 0 Å². The smallest absolute Gasteiger partial charge is 0.129 e. The average Bonchev–Trinajstić information content (AvgIpc) is 3.59. The van der Waals surface area contributed by atoms with Crippen molar-refractivity contribution in [2.24, 2.45) is 7.05 Å². The number of piperidine rings is 1. The van der Waals surface area contributed by atoms with Crippen LogP contribution in [0.4, 0.5) is 5.82 Å². The highest BCUT2D eigenvalue weighted by molar-refractivity contribution is 5.87. The fraction of sp³-hybridized carbons (Fsp3) is 0.207. The van der Waals surface area contributed by atoms with Crippen LogP contribution in [-0.2, 0) is 7.05 Å². The topological polar surface area (TPSA) is 108 Å². The predicted octanol–water partition coefficient (Wildman–Crippen LogP) is 3.45. The first-order valence-electron chi connectivity index (χ1n) is 12.3. The van der Waals surface area contributed by atoms with Gasteiger partial charge in [-0.05, 0) is 36.3 Å². The van der Waals surface area contributed by atoms with Crippen molar-refractivity contribution in [2.45, 2.75) is 18.4 Å². The lowest BCUT2D eigenvalue weighted by molar-refractivity contribution is 0.0745. The normalized spacial score (nSPS) is 14.6. The molecule has 9 nitrogen and oxygen atoms in total. The summed E-state index contributed by atoms with van der Waals surface area (Å²) < 4.78 is 3.49. The monoisotopic (exact) mass is 500 g/mol. The van der Waals surface area contributed by atoms with Crippen molar-refractivity contribution in [3.63, 3.8) is 0 Å². The van der Waals surface area contributed by atoms with Crippen LogP contribution in [0.2, 0.25) is 0 Å². The summed E-state index contributed by atoms with van der Waals surface area (Å²) in [6, 6.07) is 13.9. The molecule has 9 heteroatoms. The van der Waals surface area contributed by atoms with Gasteiger partial charge in [0.25, 0.3) is 0 Å². The van der Waals surface area contributed by atoms with Gasteiger partial charge < -0.3 is 10.0 Å². The third kappa shape index (κ3) is 4.47. The highest BCUT2D eigenvalue weighted by Crippen LogP contribution is 2.33. The molecule has 5 aromatic rings. The van der Waals surface area contributed by atoms with Gasteiger partial charge >= 0.3 is 0 Å². The lowest BCUT2D eigenvalue weighted by Crippen LogP contribution is -2.43. The van der Waals surface area contributed by atoms with Gasteiger partial charge in [-0.25, -0.2) is 14.5 Å². The molecule has 0 spiro atoms. The molecule has 1 N–H and O–H groups in total. The Labute approximate surface area is 219 Å². The van der Waals surface area contributed by atoms with Gasteiger partial charge in [-0.3, -0.25) is 4.68 Å². The molecule has 38 heavy (non-hydrogen) atoms. The first-order chi connectivity index (χ1) is 18.5. The van der Waals surface area contributed by atoms with Crippen LogP contribution in [0, 0.1) is 23.2 Å². The molecule has 0 radical (unpaired) electrons. The molecule has 0 aliphatic carbocycles. The second-order valence-corrected chi connectivity index (χ2v) is 9.40. The lowest BCUT2D eigenvalue weighted by atomic mass is 9.92. The zero-order chi connectivity index (χ0) is 26.1. The molecule has 186 valence electrons. The Morgan fingerprint density at radius 3 is 2.50 bits per heavy atom. The summed E-state index contributed by atoms with van der Waals surface area (Å²) >= 11 is 0. The summed E-state index contributed by atoms with van der Waals surface area (Å²) in [5.41, 5.74) is 4.52. The third-order valence-corrected chi connectivity index (χ3v) is 6.83. The second-order valence-electron chi connectivity index (χ2n) is 9.40. The Morgan fingerprint density at radius 1 is 0.947 bits per heavy atom. The van der Waals surface area contributed by atoms with Gasteiger partial charge in [0.1, 0.15) is 23.2 Å².